The van der Waals surface area contributed by atoms with Gasteiger partial charge in [0.15, 0.2) is 6.10 Å². The summed E-state index contributed by atoms with van der Waals surface area (Å²) >= 11 is 0. The summed E-state index contributed by atoms with van der Waals surface area (Å²) in [5.74, 6) is -0.937. The van der Waals surface area contributed by atoms with Crippen LogP contribution in [-0.2, 0) is 28.6 Å². The summed E-state index contributed by atoms with van der Waals surface area (Å²) in [6.45, 7) is 6.61. The first-order valence-electron chi connectivity index (χ1n) is 26.8. The highest BCUT2D eigenvalue weighted by atomic mass is 16.6. The lowest BCUT2D eigenvalue weighted by atomic mass is 10.0. The second-order valence-corrected chi connectivity index (χ2v) is 18.2. The summed E-state index contributed by atoms with van der Waals surface area (Å²) < 4.78 is 16.8. The van der Waals surface area contributed by atoms with Crippen molar-refractivity contribution < 1.29 is 28.6 Å². The summed E-state index contributed by atoms with van der Waals surface area (Å²) in [6.07, 6.45) is 57.4. The molecular weight excluding hydrogens is 757 g/mol. The lowest BCUT2D eigenvalue weighted by molar-refractivity contribution is -0.166. The third kappa shape index (κ3) is 48.8. The lowest BCUT2D eigenvalue weighted by Gasteiger charge is -2.18. The Morgan fingerprint density at radius 3 is 1.00 bits per heavy atom. The van der Waals surface area contributed by atoms with Crippen molar-refractivity contribution in [2.75, 3.05) is 13.2 Å². The van der Waals surface area contributed by atoms with Gasteiger partial charge in [-0.25, -0.2) is 0 Å². The summed E-state index contributed by atoms with van der Waals surface area (Å²) in [4.78, 5) is 37.9. The SMILES string of the molecule is CCCCCCCC/C=C/C/C=C/CCC(=O)OCC(COC(=O)CCCCCCCCCCCCCCCCCC)OC(=O)CCCCCCCCCCCCCCCC. The number of esters is 3. The van der Waals surface area contributed by atoms with E-state index in [1.807, 2.05) is 6.08 Å². The number of unbranched alkanes of at least 4 members (excludes halogenated alkanes) is 34. The average molecular weight is 859 g/mol. The molecule has 0 rings (SSSR count). The van der Waals surface area contributed by atoms with Gasteiger partial charge in [-0.2, -0.15) is 0 Å². The molecule has 0 aliphatic carbocycles. The summed E-state index contributed by atoms with van der Waals surface area (Å²) in [6, 6.07) is 0. The molecule has 0 aliphatic heterocycles. The minimum Gasteiger partial charge on any atom is -0.462 e. The molecule has 0 aromatic rings. The van der Waals surface area contributed by atoms with Gasteiger partial charge in [0.2, 0.25) is 0 Å². The third-order valence-electron chi connectivity index (χ3n) is 12.0. The molecule has 0 saturated heterocycles. The average Bonchev–Trinajstić information content (AvgIpc) is 3.26. The highest BCUT2D eigenvalue weighted by Crippen LogP contribution is 2.16. The molecule has 61 heavy (non-hydrogen) atoms. The first-order chi connectivity index (χ1) is 30.0. The van der Waals surface area contributed by atoms with Gasteiger partial charge in [-0.1, -0.05) is 257 Å². The highest BCUT2D eigenvalue weighted by molar-refractivity contribution is 5.71. The van der Waals surface area contributed by atoms with Crippen molar-refractivity contribution in [3.63, 3.8) is 0 Å². The number of rotatable bonds is 49. The van der Waals surface area contributed by atoms with Crippen molar-refractivity contribution in [1.82, 2.24) is 0 Å². The van der Waals surface area contributed by atoms with Crippen molar-refractivity contribution >= 4 is 17.9 Å². The molecule has 0 N–H and O–H groups in total. The summed E-state index contributed by atoms with van der Waals surface area (Å²) in [7, 11) is 0. The van der Waals surface area contributed by atoms with Crippen molar-refractivity contribution in [3.05, 3.63) is 24.3 Å². The van der Waals surface area contributed by atoms with E-state index < -0.39 is 6.10 Å². The fourth-order valence-corrected chi connectivity index (χ4v) is 7.91. The van der Waals surface area contributed by atoms with Gasteiger partial charge in [-0.15, -0.1) is 0 Å². The van der Waals surface area contributed by atoms with Crippen LogP contribution in [0.1, 0.15) is 290 Å². The molecule has 0 aromatic heterocycles. The van der Waals surface area contributed by atoms with Gasteiger partial charge in [0.25, 0.3) is 0 Å². The van der Waals surface area contributed by atoms with Crippen LogP contribution in [0.3, 0.4) is 0 Å². The Morgan fingerprint density at radius 1 is 0.328 bits per heavy atom. The Hall–Kier alpha value is -2.11. The van der Waals surface area contributed by atoms with Crippen molar-refractivity contribution in [1.29, 1.82) is 0 Å². The largest absolute Gasteiger partial charge is 0.462 e. The summed E-state index contributed by atoms with van der Waals surface area (Å²) in [5, 5.41) is 0. The Bertz CT molecular complexity index is 989. The fraction of sp³-hybridized carbons (Fsp3) is 0.873. The molecule has 0 heterocycles. The molecule has 0 bridgehead atoms. The van der Waals surface area contributed by atoms with Crippen molar-refractivity contribution in [2.24, 2.45) is 0 Å². The van der Waals surface area contributed by atoms with E-state index in [2.05, 4.69) is 39.0 Å². The maximum absolute atomic E-state index is 12.8. The van der Waals surface area contributed by atoms with Crippen molar-refractivity contribution in [3.8, 4) is 0 Å². The Morgan fingerprint density at radius 2 is 0.623 bits per heavy atom. The lowest BCUT2D eigenvalue weighted by Crippen LogP contribution is -2.30. The fourth-order valence-electron chi connectivity index (χ4n) is 7.91. The van der Waals surface area contributed by atoms with Crippen LogP contribution in [0.5, 0.6) is 0 Å². The van der Waals surface area contributed by atoms with Gasteiger partial charge >= 0.3 is 17.9 Å². The van der Waals surface area contributed by atoms with Crippen LogP contribution in [-0.4, -0.2) is 37.2 Å². The number of hydrogen-bond acceptors (Lipinski definition) is 6. The predicted molar refractivity (Wildman–Crippen MR) is 261 cm³/mol. The topological polar surface area (TPSA) is 78.9 Å². The number of hydrogen-bond donors (Lipinski definition) is 0. The first kappa shape index (κ1) is 58.9. The molecule has 0 aliphatic rings. The molecule has 1 unspecified atom stereocenters. The van der Waals surface area contributed by atoms with Gasteiger partial charge in [-0.05, 0) is 38.5 Å². The van der Waals surface area contributed by atoms with Crippen LogP contribution in [0.25, 0.3) is 0 Å². The third-order valence-corrected chi connectivity index (χ3v) is 12.0. The Kier molecular flexibility index (Phi) is 48.8. The van der Waals surface area contributed by atoms with Gasteiger partial charge in [0, 0.05) is 19.3 Å². The monoisotopic (exact) mass is 859 g/mol. The Labute approximate surface area is 379 Å². The van der Waals surface area contributed by atoms with Gasteiger partial charge < -0.3 is 14.2 Å². The molecule has 0 fully saturated rings. The molecule has 0 spiro atoms. The molecule has 0 saturated carbocycles. The normalized spacial score (nSPS) is 12.1. The standard InChI is InChI=1S/C55H102O6/c1-4-7-10-13-16-19-22-25-27-28-31-33-36-39-42-45-48-54(57)60-51-52(50-59-53(56)47-44-41-38-35-32-29-24-21-18-15-12-9-6-3)61-55(58)49-46-43-40-37-34-30-26-23-20-17-14-11-8-5-2/h29,32,38,41,52H,4-28,30-31,33-37,39-40,42-51H2,1-3H3/b32-29+,41-38+. The number of ether oxygens (including phenoxy) is 3. The maximum atomic E-state index is 12.8. The molecule has 358 valence electrons. The number of carbonyl (C=O) groups is 3. The van der Waals surface area contributed by atoms with Crippen LogP contribution in [0.15, 0.2) is 24.3 Å². The van der Waals surface area contributed by atoms with Crippen LogP contribution in [0, 0.1) is 0 Å². The quantitative estimate of drug-likeness (QED) is 0.0262. The predicted octanol–water partition coefficient (Wildman–Crippen LogP) is 17.5. The molecule has 0 aromatic carbocycles. The zero-order valence-corrected chi connectivity index (χ0v) is 40.9. The molecular formula is C55H102O6. The maximum Gasteiger partial charge on any atom is 0.306 e. The van der Waals surface area contributed by atoms with E-state index in [0.29, 0.717) is 19.3 Å². The second-order valence-electron chi connectivity index (χ2n) is 18.2. The van der Waals surface area contributed by atoms with E-state index in [4.69, 9.17) is 14.2 Å². The minimum atomic E-state index is -0.787. The van der Waals surface area contributed by atoms with Crippen LogP contribution >= 0.6 is 0 Å². The minimum absolute atomic E-state index is 0.0829. The van der Waals surface area contributed by atoms with Crippen LogP contribution < -0.4 is 0 Å². The molecule has 0 amide bonds. The van der Waals surface area contributed by atoms with E-state index >= 15 is 0 Å². The number of carbonyl (C=O) groups excluding carboxylic acids is 3. The Balaban J connectivity index is 4.37. The van der Waals surface area contributed by atoms with Crippen LogP contribution in [0.4, 0.5) is 0 Å². The van der Waals surface area contributed by atoms with Gasteiger partial charge in [-0.3, -0.25) is 14.4 Å². The summed E-state index contributed by atoms with van der Waals surface area (Å²) in [5.41, 5.74) is 0. The van der Waals surface area contributed by atoms with E-state index in [-0.39, 0.29) is 37.5 Å². The van der Waals surface area contributed by atoms with Crippen molar-refractivity contribution in [2.45, 2.75) is 297 Å². The van der Waals surface area contributed by atoms with E-state index in [1.165, 1.54) is 193 Å². The zero-order chi connectivity index (χ0) is 44.4. The van der Waals surface area contributed by atoms with E-state index in [1.54, 1.807) is 0 Å². The highest BCUT2D eigenvalue weighted by Gasteiger charge is 2.19. The molecule has 6 nitrogen and oxygen atoms in total. The zero-order valence-electron chi connectivity index (χ0n) is 40.9. The van der Waals surface area contributed by atoms with Crippen LogP contribution in [0.2, 0.25) is 0 Å². The van der Waals surface area contributed by atoms with E-state index in [0.717, 1.165) is 51.4 Å². The molecule has 6 heteroatoms. The molecule has 0 radical (unpaired) electrons. The molecule has 1 atom stereocenters. The van der Waals surface area contributed by atoms with Gasteiger partial charge in [0.05, 0.1) is 0 Å². The second kappa shape index (κ2) is 50.5. The van der Waals surface area contributed by atoms with Gasteiger partial charge in [0.1, 0.15) is 13.2 Å². The van der Waals surface area contributed by atoms with E-state index in [9.17, 15) is 14.4 Å². The smallest absolute Gasteiger partial charge is 0.306 e. The number of allylic oxidation sites excluding steroid dienone is 4. The first-order valence-corrected chi connectivity index (χ1v) is 26.8.